The molecule has 4 heteroatoms. The Morgan fingerprint density at radius 1 is 1.09 bits per heavy atom. The molecule has 0 bridgehead atoms. The van der Waals surface area contributed by atoms with Crippen LogP contribution in [0, 0.1) is 36.5 Å². The first-order valence-corrected chi connectivity index (χ1v) is 7.04. The number of anilines is 2. The van der Waals surface area contributed by atoms with Gasteiger partial charge in [-0.15, -0.1) is 0 Å². The van der Waals surface area contributed by atoms with E-state index in [9.17, 15) is 10.5 Å². The van der Waals surface area contributed by atoms with Gasteiger partial charge in [-0.05, 0) is 51.5 Å². The van der Waals surface area contributed by atoms with Gasteiger partial charge in [-0.1, -0.05) is 12.1 Å². The van der Waals surface area contributed by atoms with Crippen LogP contribution in [0.15, 0.2) is 30.3 Å². The lowest BCUT2D eigenvalue weighted by Gasteiger charge is -2.17. The molecule has 0 radical (unpaired) electrons. The highest BCUT2D eigenvalue weighted by Crippen LogP contribution is 2.27. The Morgan fingerprint density at radius 3 is 2.27 bits per heavy atom. The number of aryl methyl sites for hydroxylation is 2. The number of hydrogen-bond acceptors (Lipinski definition) is 4. The van der Waals surface area contributed by atoms with Gasteiger partial charge in [0.2, 0.25) is 0 Å². The summed E-state index contributed by atoms with van der Waals surface area (Å²) < 4.78 is 0. The smallest absolute Gasteiger partial charge is 0.103 e. The molecule has 1 aromatic carbocycles. The first-order valence-electron chi connectivity index (χ1n) is 7.04. The van der Waals surface area contributed by atoms with Crippen molar-refractivity contribution in [3.63, 3.8) is 0 Å². The Balaban J connectivity index is 2.34. The highest BCUT2D eigenvalue weighted by atomic mass is 14.9. The van der Waals surface area contributed by atoms with Crippen molar-refractivity contribution in [3.8, 4) is 12.1 Å². The normalized spacial score (nSPS) is 10.6. The molecule has 0 spiro atoms. The molecule has 4 nitrogen and oxygen atoms in total. The lowest BCUT2D eigenvalue weighted by atomic mass is 9.86. The quantitative estimate of drug-likeness (QED) is 0.923. The van der Waals surface area contributed by atoms with Crippen LogP contribution in [-0.2, 0) is 5.41 Å². The molecule has 0 aliphatic carbocycles. The molecule has 22 heavy (non-hydrogen) atoms. The molecule has 1 heterocycles. The summed E-state index contributed by atoms with van der Waals surface area (Å²) in [6.45, 7) is 7.50. The van der Waals surface area contributed by atoms with Crippen LogP contribution in [0.4, 0.5) is 11.4 Å². The lowest BCUT2D eigenvalue weighted by Crippen LogP contribution is -2.13. The van der Waals surface area contributed by atoms with Crippen molar-refractivity contribution < 1.29 is 0 Å². The number of nitrogens with zero attached hydrogens (tertiary/aromatic N) is 3. The first kappa shape index (κ1) is 15.5. The van der Waals surface area contributed by atoms with Gasteiger partial charge < -0.3 is 5.32 Å². The van der Waals surface area contributed by atoms with Crippen molar-refractivity contribution in [3.05, 3.63) is 52.8 Å². The second-order valence-electron chi connectivity index (χ2n) is 5.82. The minimum Gasteiger partial charge on any atom is -0.354 e. The van der Waals surface area contributed by atoms with E-state index in [2.05, 4.69) is 22.4 Å². The molecule has 110 valence electrons. The molecule has 0 atom stereocenters. The number of aromatic nitrogens is 1. The molecule has 1 aromatic heterocycles. The van der Waals surface area contributed by atoms with Gasteiger partial charge in [0, 0.05) is 11.4 Å². The largest absolute Gasteiger partial charge is 0.354 e. The summed E-state index contributed by atoms with van der Waals surface area (Å²) >= 11 is 0. The van der Waals surface area contributed by atoms with Gasteiger partial charge in [-0.2, -0.15) is 10.5 Å². The Bertz CT molecular complexity index is 774. The molecule has 0 unspecified atom stereocenters. The zero-order valence-electron chi connectivity index (χ0n) is 13.2. The van der Waals surface area contributed by atoms with E-state index in [-0.39, 0.29) is 0 Å². The minimum absolute atomic E-state index is 0.514. The fraction of sp³-hybridized carbons (Fsp3) is 0.278. The van der Waals surface area contributed by atoms with E-state index >= 15 is 0 Å². The van der Waals surface area contributed by atoms with E-state index in [1.807, 2.05) is 58.0 Å². The van der Waals surface area contributed by atoms with E-state index in [0.717, 1.165) is 22.6 Å². The van der Waals surface area contributed by atoms with Gasteiger partial charge in [-0.3, -0.25) is 4.98 Å². The molecule has 0 fully saturated rings. The lowest BCUT2D eigenvalue weighted by molar-refractivity contribution is 0.687. The summed E-state index contributed by atoms with van der Waals surface area (Å²) in [5, 5.41) is 21.7. The maximum absolute atomic E-state index is 9.28. The molecular formula is C18H18N4. The number of nitriles is 2. The maximum atomic E-state index is 9.28. The van der Waals surface area contributed by atoms with Crippen LogP contribution in [0.5, 0.6) is 0 Å². The summed E-state index contributed by atoms with van der Waals surface area (Å²) in [7, 11) is 0. The van der Waals surface area contributed by atoms with Crippen LogP contribution in [0.2, 0.25) is 0 Å². The minimum atomic E-state index is -0.514. The monoisotopic (exact) mass is 290 g/mol. The fourth-order valence-corrected chi connectivity index (χ4v) is 2.26. The zero-order chi connectivity index (χ0) is 16.3. The summed E-state index contributed by atoms with van der Waals surface area (Å²) in [4.78, 5) is 4.31. The van der Waals surface area contributed by atoms with E-state index in [1.54, 1.807) is 0 Å². The molecule has 0 aliphatic rings. The average Bonchev–Trinajstić information content (AvgIpc) is 2.47. The topological polar surface area (TPSA) is 72.5 Å². The van der Waals surface area contributed by atoms with Gasteiger partial charge in [0.05, 0.1) is 28.4 Å². The molecule has 0 aliphatic heterocycles. The first-order chi connectivity index (χ1) is 10.4. The molecule has 2 aromatic rings. The third kappa shape index (κ3) is 3.07. The van der Waals surface area contributed by atoms with Crippen molar-refractivity contribution in [2.24, 2.45) is 0 Å². The van der Waals surface area contributed by atoms with Crippen LogP contribution in [0.25, 0.3) is 0 Å². The number of hydrogen-bond donors (Lipinski definition) is 1. The summed E-state index contributed by atoms with van der Waals surface area (Å²) in [5.74, 6) is 0. The van der Waals surface area contributed by atoms with E-state index in [4.69, 9.17) is 0 Å². The number of nitrogens with one attached hydrogen (secondary N) is 1. The number of benzene rings is 1. The van der Waals surface area contributed by atoms with Gasteiger partial charge in [0.25, 0.3) is 0 Å². The zero-order valence-corrected chi connectivity index (χ0v) is 13.2. The Morgan fingerprint density at radius 2 is 1.73 bits per heavy atom. The summed E-state index contributed by atoms with van der Waals surface area (Å²) in [6, 6.07) is 14.0. The third-order valence-corrected chi connectivity index (χ3v) is 3.61. The summed E-state index contributed by atoms with van der Waals surface area (Å²) in [5.41, 5.74) is 4.20. The second kappa shape index (κ2) is 5.87. The van der Waals surface area contributed by atoms with E-state index in [1.165, 1.54) is 0 Å². The molecule has 0 saturated carbocycles. The van der Waals surface area contributed by atoms with Gasteiger partial charge in [0.15, 0.2) is 0 Å². The number of pyridine rings is 1. The third-order valence-electron chi connectivity index (χ3n) is 3.61. The Kier molecular flexibility index (Phi) is 4.15. The van der Waals surface area contributed by atoms with Crippen molar-refractivity contribution >= 4 is 11.4 Å². The van der Waals surface area contributed by atoms with Crippen LogP contribution < -0.4 is 5.32 Å². The molecule has 1 N–H and O–H groups in total. The molecule has 2 rings (SSSR count). The molecular weight excluding hydrogens is 272 g/mol. The Labute approximate surface area is 131 Å². The SMILES string of the molecule is Cc1cc(Nc2ccc(C(C)(C)C#N)cc2)c(C#N)c(C)n1. The Hall–Kier alpha value is -2.85. The van der Waals surface area contributed by atoms with Crippen LogP contribution in [-0.4, -0.2) is 4.98 Å². The molecule has 0 saturated heterocycles. The van der Waals surface area contributed by atoms with Crippen molar-refractivity contribution in [1.29, 1.82) is 10.5 Å². The molecule has 0 amide bonds. The van der Waals surface area contributed by atoms with Crippen LogP contribution >= 0.6 is 0 Å². The standard InChI is InChI=1S/C18H18N4/c1-12-9-17(16(10-19)13(2)21-12)22-15-7-5-14(6-8-15)18(3,4)11-20/h5-9H,1-4H3,(H,21,22). The highest BCUT2D eigenvalue weighted by molar-refractivity contribution is 5.68. The van der Waals surface area contributed by atoms with Gasteiger partial charge in [0.1, 0.15) is 6.07 Å². The average molecular weight is 290 g/mol. The van der Waals surface area contributed by atoms with Crippen molar-refractivity contribution in [2.75, 3.05) is 5.32 Å². The fourth-order valence-electron chi connectivity index (χ4n) is 2.26. The number of rotatable bonds is 3. The highest BCUT2D eigenvalue weighted by Gasteiger charge is 2.19. The van der Waals surface area contributed by atoms with Crippen LogP contribution in [0.3, 0.4) is 0 Å². The van der Waals surface area contributed by atoms with Crippen LogP contribution in [0.1, 0.15) is 36.4 Å². The summed E-state index contributed by atoms with van der Waals surface area (Å²) in [6.07, 6.45) is 0. The predicted molar refractivity (Wildman–Crippen MR) is 86.8 cm³/mol. The van der Waals surface area contributed by atoms with Crippen molar-refractivity contribution in [1.82, 2.24) is 4.98 Å². The van der Waals surface area contributed by atoms with Gasteiger partial charge in [-0.25, -0.2) is 0 Å². The second-order valence-corrected chi connectivity index (χ2v) is 5.82. The van der Waals surface area contributed by atoms with E-state index in [0.29, 0.717) is 11.3 Å². The van der Waals surface area contributed by atoms with Crippen molar-refractivity contribution in [2.45, 2.75) is 33.1 Å². The maximum Gasteiger partial charge on any atom is 0.103 e. The predicted octanol–water partition coefficient (Wildman–Crippen LogP) is 4.11. The van der Waals surface area contributed by atoms with E-state index < -0.39 is 5.41 Å². The van der Waals surface area contributed by atoms with Gasteiger partial charge >= 0.3 is 0 Å².